The smallest absolute Gasteiger partial charge is 0.309 e. The molecule has 0 saturated carbocycles. The van der Waals surface area contributed by atoms with Gasteiger partial charge in [-0.05, 0) is 54.7 Å². The molecule has 146 valence electrons. The molecule has 5 nitrogen and oxygen atoms in total. The van der Waals surface area contributed by atoms with Crippen molar-refractivity contribution < 1.29 is 19.4 Å². The van der Waals surface area contributed by atoms with Crippen molar-refractivity contribution in [2.45, 2.75) is 59.1 Å². The number of rotatable bonds is 8. The third-order valence-corrected chi connectivity index (χ3v) is 5.60. The Morgan fingerprint density at radius 2 is 2.00 bits per heavy atom. The summed E-state index contributed by atoms with van der Waals surface area (Å²) in [6, 6.07) is 5.35. The monoisotopic (exact) mass is 363 g/mol. The molecule has 1 saturated heterocycles. The van der Waals surface area contributed by atoms with Gasteiger partial charge in [0, 0.05) is 6.04 Å². The number of aromatic hydroxyl groups is 1. The number of cyclic esters (lactones) is 1. The molecular weight excluding hydrogens is 330 g/mol. The van der Waals surface area contributed by atoms with E-state index >= 15 is 0 Å². The van der Waals surface area contributed by atoms with Crippen LogP contribution in [0.1, 0.15) is 46.1 Å². The summed E-state index contributed by atoms with van der Waals surface area (Å²) in [6.07, 6.45) is 2.12. The Hall–Kier alpha value is -1.75. The highest BCUT2D eigenvalue weighted by Crippen LogP contribution is 2.33. The summed E-state index contributed by atoms with van der Waals surface area (Å²) in [5.74, 6) is 1.54. The highest BCUT2D eigenvalue weighted by atomic mass is 16.6. The number of carbonyl (C=O) groups is 1. The molecule has 0 bridgehead atoms. The minimum Gasteiger partial charge on any atom is -0.504 e. The van der Waals surface area contributed by atoms with Gasteiger partial charge in [0.2, 0.25) is 0 Å². The van der Waals surface area contributed by atoms with Crippen LogP contribution in [0.15, 0.2) is 18.2 Å². The molecule has 0 radical (unpaired) electrons. The number of methoxy groups -OCH3 is 1. The van der Waals surface area contributed by atoms with E-state index in [2.05, 4.69) is 13.8 Å². The standard InChI is InChI=1S/C21H33NO4/c1-12(2)15(8-14-6-7-19(25-5)18(23)9-14)10-17(22)20-11-16(13(3)4)21(24)26-20/h6-7,9,12-13,15-17,20,23H,8,10-11,22H2,1-5H3/t15-,16-,17-,20-/m0/s1. The van der Waals surface area contributed by atoms with Crippen molar-refractivity contribution in [1.29, 1.82) is 0 Å². The van der Waals surface area contributed by atoms with Crippen molar-refractivity contribution in [3.63, 3.8) is 0 Å². The number of carbonyl (C=O) groups excluding carboxylic acids is 1. The SMILES string of the molecule is COc1ccc(C[C@@H](C[C@H](N)[C@@H]2C[C@@H](C(C)C)C(=O)O2)C(C)C)cc1O. The highest BCUT2D eigenvalue weighted by Gasteiger charge is 2.39. The van der Waals surface area contributed by atoms with Crippen LogP contribution in [0.25, 0.3) is 0 Å². The van der Waals surface area contributed by atoms with Gasteiger partial charge in [-0.1, -0.05) is 33.8 Å². The fraction of sp³-hybridized carbons (Fsp3) is 0.667. The summed E-state index contributed by atoms with van der Waals surface area (Å²) < 4.78 is 10.7. The van der Waals surface area contributed by atoms with E-state index in [1.165, 1.54) is 7.11 Å². The van der Waals surface area contributed by atoms with Crippen molar-refractivity contribution in [3.8, 4) is 11.5 Å². The van der Waals surface area contributed by atoms with E-state index in [4.69, 9.17) is 15.2 Å². The predicted octanol–water partition coefficient (Wildman–Crippen LogP) is 3.52. The first-order valence-corrected chi connectivity index (χ1v) is 9.54. The summed E-state index contributed by atoms with van der Waals surface area (Å²) in [7, 11) is 1.54. The Kier molecular flexibility index (Phi) is 6.93. The lowest BCUT2D eigenvalue weighted by Crippen LogP contribution is -2.37. The average molecular weight is 363 g/mol. The fourth-order valence-corrected chi connectivity index (χ4v) is 3.70. The van der Waals surface area contributed by atoms with Crippen LogP contribution in [0.3, 0.4) is 0 Å². The van der Waals surface area contributed by atoms with E-state index in [1.807, 2.05) is 19.9 Å². The van der Waals surface area contributed by atoms with E-state index in [1.54, 1.807) is 12.1 Å². The van der Waals surface area contributed by atoms with E-state index < -0.39 is 0 Å². The second-order valence-electron chi connectivity index (χ2n) is 8.18. The summed E-state index contributed by atoms with van der Waals surface area (Å²) in [5.41, 5.74) is 7.48. The summed E-state index contributed by atoms with van der Waals surface area (Å²) in [6.45, 7) is 8.45. The lowest BCUT2D eigenvalue weighted by molar-refractivity contribution is -0.146. The highest BCUT2D eigenvalue weighted by molar-refractivity contribution is 5.75. The average Bonchev–Trinajstić information content (AvgIpc) is 2.96. The van der Waals surface area contributed by atoms with Gasteiger partial charge in [0.25, 0.3) is 0 Å². The molecule has 0 aliphatic carbocycles. The zero-order valence-corrected chi connectivity index (χ0v) is 16.6. The lowest BCUT2D eigenvalue weighted by atomic mass is 9.82. The van der Waals surface area contributed by atoms with Gasteiger partial charge >= 0.3 is 5.97 Å². The number of esters is 1. The van der Waals surface area contributed by atoms with Crippen molar-refractivity contribution >= 4 is 5.97 Å². The first-order chi connectivity index (χ1) is 12.2. The zero-order valence-electron chi connectivity index (χ0n) is 16.6. The van der Waals surface area contributed by atoms with Crippen LogP contribution < -0.4 is 10.5 Å². The number of ether oxygens (including phenoxy) is 2. The predicted molar refractivity (Wildman–Crippen MR) is 102 cm³/mol. The van der Waals surface area contributed by atoms with Gasteiger partial charge in [-0.3, -0.25) is 4.79 Å². The molecule has 1 aliphatic heterocycles. The van der Waals surface area contributed by atoms with Gasteiger partial charge in [0.15, 0.2) is 11.5 Å². The summed E-state index contributed by atoms with van der Waals surface area (Å²) in [5, 5.41) is 10.0. The molecule has 5 heteroatoms. The molecule has 1 aliphatic rings. The molecule has 4 atom stereocenters. The van der Waals surface area contributed by atoms with Crippen LogP contribution in [0, 0.1) is 23.7 Å². The summed E-state index contributed by atoms with van der Waals surface area (Å²) in [4.78, 5) is 12.0. The van der Waals surface area contributed by atoms with Crippen molar-refractivity contribution in [2.75, 3.05) is 7.11 Å². The first-order valence-electron chi connectivity index (χ1n) is 9.54. The Morgan fingerprint density at radius 3 is 2.50 bits per heavy atom. The molecular formula is C21H33NO4. The van der Waals surface area contributed by atoms with Crippen LogP contribution in [-0.4, -0.2) is 30.3 Å². The molecule has 0 amide bonds. The Bertz CT molecular complexity index is 614. The summed E-state index contributed by atoms with van der Waals surface area (Å²) >= 11 is 0. The molecule has 1 heterocycles. The maximum absolute atomic E-state index is 12.0. The van der Waals surface area contributed by atoms with Crippen LogP contribution in [0.2, 0.25) is 0 Å². The quantitative estimate of drug-likeness (QED) is 0.691. The minimum absolute atomic E-state index is 0.0397. The maximum Gasteiger partial charge on any atom is 0.309 e. The van der Waals surface area contributed by atoms with Crippen LogP contribution in [-0.2, 0) is 16.0 Å². The Labute approximate surface area is 156 Å². The molecule has 1 aromatic carbocycles. The van der Waals surface area contributed by atoms with Gasteiger partial charge in [0.1, 0.15) is 6.10 Å². The van der Waals surface area contributed by atoms with Gasteiger partial charge in [-0.15, -0.1) is 0 Å². The normalized spacial score (nSPS) is 22.5. The zero-order chi connectivity index (χ0) is 19.4. The number of benzene rings is 1. The van der Waals surface area contributed by atoms with E-state index in [9.17, 15) is 9.90 Å². The number of nitrogens with two attached hydrogens (primary N) is 1. The third kappa shape index (κ3) is 4.91. The molecule has 0 unspecified atom stereocenters. The molecule has 3 N–H and O–H groups in total. The third-order valence-electron chi connectivity index (χ3n) is 5.60. The van der Waals surface area contributed by atoms with E-state index in [-0.39, 0.29) is 35.7 Å². The van der Waals surface area contributed by atoms with Gasteiger partial charge < -0.3 is 20.3 Å². The molecule has 0 spiro atoms. The maximum atomic E-state index is 12.0. The van der Waals surface area contributed by atoms with Crippen molar-refractivity contribution in [2.24, 2.45) is 29.4 Å². The molecule has 1 fully saturated rings. The lowest BCUT2D eigenvalue weighted by Gasteiger charge is -2.27. The molecule has 1 aromatic rings. The topological polar surface area (TPSA) is 81.8 Å². The second-order valence-corrected chi connectivity index (χ2v) is 8.18. The minimum atomic E-state index is -0.194. The number of hydrogen-bond donors (Lipinski definition) is 2. The van der Waals surface area contributed by atoms with Crippen LogP contribution >= 0.6 is 0 Å². The van der Waals surface area contributed by atoms with Crippen molar-refractivity contribution in [3.05, 3.63) is 23.8 Å². The molecule has 0 aromatic heterocycles. The second kappa shape index (κ2) is 8.76. The molecule has 26 heavy (non-hydrogen) atoms. The Morgan fingerprint density at radius 1 is 1.31 bits per heavy atom. The number of hydrogen-bond acceptors (Lipinski definition) is 5. The van der Waals surface area contributed by atoms with E-state index in [0.717, 1.165) is 18.4 Å². The van der Waals surface area contributed by atoms with E-state index in [0.29, 0.717) is 24.0 Å². The Balaban J connectivity index is 2.02. The van der Waals surface area contributed by atoms with Crippen molar-refractivity contribution in [1.82, 2.24) is 0 Å². The fourth-order valence-electron chi connectivity index (χ4n) is 3.70. The molecule has 2 rings (SSSR count). The van der Waals surface area contributed by atoms with Gasteiger partial charge in [-0.25, -0.2) is 0 Å². The number of phenolic OH excluding ortho intramolecular Hbond substituents is 1. The van der Waals surface area contributed by atoms with Crippen LogP contribution in [0.4, 0.5) is 0 Å². The first kappa shape index (κ1) is 20.6. The largest absolute Gasteiger partial charge is 0.504 e. The number of phenols is 1. The van der Waals surface area contributed by atoms with Crippen LogP contribution in [0.5, 0.6) is 11.5 Å². The van der Waals surface area contributed by atoms with Gasteiger partial charge in [0.05, 0.1) is 13.0 Å². The van der Waals surface area contributed by atoms with Gasteiger partial charge in [-0.2, -0.15) is 0 Å².